The summed E-state index contributed by atoms with van der Waals surface area (Å²) in [5, 5.41) is 4.30. The van der Waals surface area contributed by atoms with Crippen molar-refractivity contribution in [2.24, 2.45) is 17.8 Å². The number of rotatable bonds is 2. The van der Waals surface area contributed by atoms with Crippen LogP contribution in [0, 0.1) is 17.8 Å². The van der Waals surface area contributed by atoms with Crippen LogP contribution in [0.15, 0.2) is 34.9 Å². The molecule has 3 atom stereocenters. The summed E-state index contributed by atoms with van der Waals surface area (Å²) < 4.78 is 16.5. The van der Waals surface area contributed by atoms with Crippen LogP contribution >= 0.6 is 0 Å². The second kappa shape index (κ2) is 5.62. The lowest BCUT2D eigenvalue weighted by Crippen LogP contribution is -2.40. The molecule has 27 heavy (non-hydrogen) atoms. The molecule has 3 heterocycles. The average molecular weight is 364 g/mol. The third-order valence-corrected chi connectivity index (χ3v) is 6.38. The monoisotopic (exact) mass is 364 g/mol. The van der Waals surface area contributed by atoms with Crippen molar-refractivity contribution in [2.45, 2.75) is 25.8 Å². The number of allylic oxidation sites excluding steroid dienone is 2. The Kier molecular flexibility index (Phi) is 3.19. The molecule has 0 spiro atoms. The minimum Gasteiger partial charge on any atom is -0.454 e. The summed E-state index contributed by atoms with van der Waals surface area (Å²) >= 11 is 0. The van der Waals surface area contributed by atoms with E-state index in [1.54, 1.807) is 0 Å². The van der Waals surface area contributed by atoms with Crippen molar-refractivity contribution in [3.05, 3.63) is 41.7 Å². The lowest BCUT2D eigenvalue weighted by Gasteiger charge is -2.30. The van der Waals surface area contributed by atoms with Gasteiger partial charge in [-0.1, -0.05) is 17.3 Å². The smallest absolute Gasteiger partial charge is 0.231 e. The van der Waals surface area contributed by atoms with Gasteiger partial charge in [-0.2, -0.15) is 0 Å². The molecular formula is C21H20N2O4. The van der Waals surface area contributed by atoms with E-state index >= 15 is 0 Å². The van der Waals surface area contributed by atoms with E-state index in [1.807, 2.05) is 23.1 Å². The van der Waals surface area contributed by atoms with Crippen molar-refractivity contribution >= 4 is 5.91 Å². The molecule has 1 saturated carbocycles. The molecular weight excluding hydrogens is 344 g/mol. The molecule has 2 aromatic rings. The number of benzene rings is 1. The zero-order valence-corrected chi connectivity index (χ0v) is 14.9. The van der Waals surface area contributed by atoms with E-state index < -0.39 is 0 Å². The van der Waals surface area contributed by atoms with Crippen molar-refractivity contribution in [3.8, 4) is 22.8 Å². The van der Waals surface area contributed by atoms with Gasteiger partial charge >= 0.3 is 0 Å². The fourth-order valence-electron chi connectivity index (χ4n) is 4.97. The molecule has 6 nitrogen and oxygen atoms in total. The maximum atomic E-state index is 13.1. The van der Waals surface area contributed by atoms with E-state index in [4.69, 9.17) is 14.0 Å². The Labute approximate surface area is 156 Å². The SMILES string of the molecule is O=C([C@H]1C[C@@H]2C=C[C@H]1C2)N1CCc2onc(-c3ccc4c(c3)OCO4)c2C1. The van der Waals surface area contributed by atoms with Gasteiger partial charge in [0.15, 0.2) is 11.5 Å². The molecule has 2 aliphatic heterocycles. The second-order valence-electron chi connectivity index (χ2n) is 7.90. The average Bonchev–Trinajstić information content (AvgIpc) is 3.49. The molecule has 0 unspecified atom stereocenters. The minimum atomic E-state index is 0.149. The van der Waals surface area contributed by atoms with Crippen molar-refractivity contribution < 1.29 is 18.8 Å². The van der Waals surface area contributed by atoms with E-state index in [9.17, 15) is 4.79 Å². The van der Waals surface area contributed by atoms with E-state index in [-0.39, 0.29) is 18.6 Å². The minimum absolute atomic E-state index is 0.149. The standard InChI is InChI=1S/C21H20N2O4/c24-21(15-8-12-1-2-13(15)7-12)23-6-5-17-16(10-23)20(22-27-17)14-3-4-18-19(9-14)26-11-25-18/h1-4,9,12-13,15H,5-8,10-11H2/t12-,13+,15+/m1/s1. The van der Waals surface area contributed by atoms with Gasteiger partial charge in [-0.3, -0.25) is 4.79 Å². The van der Waals surface area contributed by atoms with E-state index in [2.05, 4.69) is 17.3 Å². The van der Waals surface area contributed by atoms with E-state index in [0.29, 0.717) is 24.9 Å². The summed E-state index contributed by atoms with van der Waals surface area (Å²) in [6.07, 6.45) is 7.38. The molecule has 1 fully saturated rings. The number of fused-ring (bicyclic) bond motifs is 4. The molecule has 0 radical (unpaired) electrons. The van der Waals surface area contributed by atoms with Gasteiger partial charge in [-0.25, -0.2) is 0 Å². The van der Waals surface area contributed by atoms with Crippen LogP contribution in [0.3, 0.4) is 0 Å². The Morgan fingerprint density at radius 3 is 2.93 bits per heavy atom. The predicted octanol–water partition coefficient (Wildman–Crippen LogP) is 3.17. The third kappa shape index (κ3) is 2.32. The molecule has 0 N–H and O–H groups in total. The summed E-state index contributed by atoms with van der Waals surface area (Å²) in [5.74, 6) is 3.83. The maximum Gasteiger partial charge on any atom is 0.231 e. The van der Waals surface area contributed by atoms with Gasteiger partial charge in [0, 0.05) is 30.0 Å². The highest BCUT2D eigenvalue weighted by Crippen LogP contribution is 2.45. The Hall–Kier alpha value is -2.76. The lowest BCUT2D eigenvalue weighted by molar-refractivity contribution is -0.137. The molecule has 4 aliphatic rings. The van der Waals surface area contributed by atoms with Crippen LogP contribution in [0.5, 0.6) is 11.5 Å². The molecule has 2 bridgehead atoms. The van der Waals surface area contributed by atoms with Gasteiger partial charge < -0.3 is 18.9 Å². The van der Waals surface area contributed by atoms with Crippen molar-refractivity contribution in [1.82, 2.24) is 10.1 Å². The number of amides is 1. The zero-order chi connectivity index (χ0) is 18.0. The predicted molar refractivity (Wildman–Crippen MR) is 96.0 cm³/mol. The first-order chi connectivity index (χ1) is 13.3. The van der Waals surface area contributed by atoms with Crippen molar-refractivity contribution in [3.63, 3.8) is 0 Å². The maximum absolute atomic E-state index is 13.1. The van der Waals surface area contributed by atoms with Crippen LogP contribution in [0.2, 0.25) is 0 Å². The molecule has 2 aliphatic carbocycles. The first kappa shape index (κ1) is 15.3. The van der Waals surface area contributed by atoms with Gasteiger partial charge in [0.2, 0.25) is 12.7 Å². The molecule has 138 valence electrons. The summed E-state index contributed by atoms with van der Waals surface area (Å²) in [6.45, 7) is 1.52. The van der Waals surface area contributed by atoms with E-state index in [1.165, 1.54) is 0 Å². The Bertz CT molecular complexity index is 963. The molecule has 1 amide bonds. The first-order valence-corrected chi connectivity index (χ1v) is 9.61. The van der Waals surface area contributed by atoms with Crippen molar-refractivity contribution in [1.29, 1.82) is 0 Å². The number of hydrogen-bond donors (Lipinski definition) is 0. The number of carbonyl (C=O) groups is 1. The van der Waals surface area contributed by atoms with Crippen molar-refractivity contribution in [2.75, 3.05) is 13.3 Å². The van der Waals surface area contributed by atoms with Gasteiger partial charge in [0.25, 0.3) is 0 Å². The second-order valence-corrected chi connectivity index (χ2v) is 7.90. The van der Waals surface area contributed by atoms with Crippen LogP contribution in [0.4, 0.5) is 0 Å². The quantitative estimate of drug-likeness (QED) is 0.766. The van der Waals surface area contributed by atoms with Gasteiger partial charge in [0.05, 0.1) is 6.54 Å². The fraction of sp³-hybridized carbons (Fsp3) is 0.429. The first-order valence-electron chi connectivity index (χ1n) is 9.61. The topological polar surface area (TPSA) is 64.8 Å². The Morgan fingerprint density at radius 1 is 1.15 bits per heavy atom. The molecule has 6 rings (SSSR count). The number of nitrogens with zero attached hydrogens (tertiary/aromatic N) is 2. The van der Waals surface area contributed by atoms with Crippen LogP contribution in [-0.2, 0) is 17.8 Å². The fourth-order valence-corrected chi connectivity index (χ4v) is 4.97. The number of carbonyl (C=O) groups excluding carboxylic acids is 1. The van der Waals surface area contributed by atoms with E-state index in [0.717, 1.165) is 53.3 Å². The summed E-state index contributed by atoms with van der Waals surface area (Å²) in [5.41, 5.74) is 2.75. The molecule has 1 aromatic carbocycles. The van der Waals surface area contributed by atoms with Gasteiger partial charge in [0.1, 0.15) is 11.5 Å². The summed E-state index contributed by atoms with van der Waals surface area (Å²) in [7, 11) is 0. The molecule has 6 heteroatoms. The summed E-state index contributed by atoms with van der Waals surface area (Å²) in [4.78, 5) is 15.1. The normalized spacial score (nSPS) is 27.3. The van der Waals surface area contributed by atoms with Gasteiger partial charge in [-0.05, 0) is 42.9 Å². The van der Waals surface area contributed by atoms with Crippen LogP contribution < -0.4 is 9.47 Å². The number of hydrogen-bond acceptors (Lipinski definition) is 5. The zero-order valence-electron chi connectivity index (χ0n) is 14.9. The third-order valence-electron chi connectivity index (χ3n) is 6.38. The Balaban J connectivity index is 1.28. The highest BCUT2D eigenvalue weighted by Gasteiger charge is 2.42. The Morgan fingerprint density at radius 2 is 2.07 bits per heavy atom. The largest absolute Gasteiger partial charge is 0.454 e. The van der Waals surface area contributed by atoms with Crippen LogP contribution in [0.1, 0.15) is 24.2 Å². The molecule has 0 saturated heterocycles. The lowest BCUT2D eigenvalue weighted by atomic mass is 9.91. The number of ether oxygens (including phenoxy) is 2. The summed E-state index contributed by atoms with van der Waals surface area (Å²) in [6, 6.07) is 5.79. The number of aromatic nitrogens is 1. The molecule has 1 aromatic heterocycles. The highest BCUT2D eigenvalue weighted by molar-refractivity contribution is 5.81. The highest BCUT2D eigenvalue weighted by atomic mass is 16.7. The van der Waals surface area contributed by atoms with Crippen LogP contribution in [0.25, 0.3) is 11.3 Å². The van der Waals surface area contributed by atoms with Gasteiger partial charge in [-0.15, -0.1) is 0 Å². The van der Waals surface area contributed by atoms with Crippen LogP contribution in [-0.4, -0.2) is 29.3 Å².